The van der Waals surface area contributed by atoms with Crippen LogP contribution in [-0.4, -0.2) is 12.5 Å². The molecule has 0 radical (unpaired) electrons. The molecule has 2 bridgehead atoms. The van der Waals surface area contributed by atoms with Gasteiger partial charge in [0.15, 0.2) is 5.58 Å². The fourth-order valence-electron chi connectivity index (χ4n) is 2.45. The summed E-state index contributed by atoms with van der Waals surface area (Å²) in [7, 11) is 0. The molecule has 0 aromatic carbocycles. The van der Waals surface area contributed by atoms with Gasteiger partial charge in [-0.1, -0.05) is 13.3 Å². The number of carbonyl (C=O) groups excluding carboxylic acids is 1. The van der Waals surface area contributed by atoms with E-state index in [2.05, 4.69) is 12.2 Å². The first-order chi connectivity index (χ1) is 8.09. The van der Waals surface area contributed by atoms with Gasteiger partial charge >= 0.3 is 0 Å². The zero-order chi connectivity index (χ0) is 12.0. The molecule has 2 aromatic heterocycles. The van der Waals surface area contributed by atoms with Crippen LogP contribution in [0.25, 0.3) is 11.2 Å². The number of fused-ring (bicyclic) bond motifs is 2. The molecule has 0 aliphatic heterocycles. The Morgan fingerprint density at radius 3 is 2.71 bits per heavy atom. The van der Waals surface area contributed by atoms with Gasteiger partial charge in [-0.3, -0.25) is 4.79 Å². The van der Waals surface area contributed by atoms with Crippen LogP contribution < -0.4 is 11.1 Å². The number of nitrogens with two attached hydrogens (primary N) is 1. The van der Waals surface area contributed by atoms with Gasteiger partial charge in [0.1, 0.15) is 11.1 Å². The Labute approximate surface area is 99.5 Å². The largest absolute Gasteiger partial charge is 0.454 e. The molecular formula is C13H16N2O2. The standard InChI is InChI=1S/C13H16N2O2/c1-13(5-2-6-13)7-15-12(16)10-8-3-4-9(17-8)11(10)14/h3-4H,2,5-7,14H2,1H3,(H,15,16). The van der Waals surface area contributed by atoms with Gasteiger partial charge in [0, 0.05) is 6.54 Å². The van der Waals surface area contributed by atoms with Gasteiger partial charge in [-0.05, 0) is 30.4 Å². The highest BCUT2D eigenvalue weighted by atomic mass is 16.3. The molecule has 17 heavy (non-hydrogen) atoms. The minimum atomic E-state index is -0.120. The second-order valence-electron chi connectivity index (χ2n) is 5.30. The van der Waals surface area contributed by atoms with E-state index in [4.69, 9.17) is 10.2 Å². The lowest BCUT2D eigenvalue weighted by Crippen LogP contribution is -2.40. The number of carbonyl (C=O) groups is 1. The minimum absolute atomic E-state index is 0.120. The van der Waals surface area contributed by atoms with E-state index < -0.39 is 0 Å². The Morgan fingerprint density at radius 1 is 1.47 bits per heavy atom. The lowest BCUT2D eigenvalue weighted by Gasteiger charge is -2.38. The third kappa shape index (κ3) is 1.55. The summed E-state index contributed by atoms with van der Waals surface area (Å²) in [5, 5.41) is 2.96. The highest BCUT2D eigenvalue weighted by Crippen LogP contribution is 2.39. The summed E-state index contributed by atoms with van der Waals surface area (Å²) < 4.78 is 5.35. The third-order valence-corrected chi connectivity index (χ3v) is 3.85. The predicted octanol–water partition coefficient (Wildman–Crippen LogP) is 2.37. The normalized spacial score (nSPS) is 18.2. The average molecular weight is 232 g/mol. The van der Waals surface area contributed by atoms with Crippen molar-refractivity contribution in [3.63, 3.8) is 0 Å². The maximum Gasteiger partial charge on any atom is 0.257 e. The van der Waals surface area contributed by atoms with Crippen molar-refractivity contribution in [3.05, 3.63) is 17.7 Å². The van der Waals surface area contributed by atoms with E-state index in [-0.39, 0.29) is 11.3 Å². The van der Waals surface area contributed by atoms with Gasteiger partial charge in [-0.25, -0.2) is 0 Å². The monoisotopic (exact) mass is 232 g/mol. The van der Waals surface area contributed by atoms with E-state index in [9.17, 15) is 4.79 Å². The molecule has 3 rings (SSSR count). The number of benzene rings is 1. The maximum atomic E-state index is 12.0. The molecule has 0 atom stereocenters. The van der Waals surface area contributed by atoms with Crippen LogP contribution in [-0.2, 0) is 0 Å². The van der Waals surface area contributed by atoms with Crippen LogP contribution in [0.4, 0.5) is 5.69 Å². The lowest BCUT2D eigenvalue weighted by molar-refractivity contribution is 0.0893. The topological polar surface area (TPSA) is 68.3 Å². The highest BCUT2D eigenvalue weighted by Gasteiger charge is 2.32. The smallest absolute Gasteiger partial charge is 0.257 e. The minimum Gasteiger partial charge on any atom is -0.454 e. The van der Waals surface area contributed by atoms with Gasteiger partial charge in [-0.2, -0.15) is 0 Å². The molecule has 2 heterocycles. The predicted molar refractivity (Wildman–Crippen MR) is 66.1 cm³/mol. The zero-order valence-corrected chi connectivity index (χ0v) is 9.88. The Bertz CT molecular complexity index is 554. The van der Waals surface area contributed by atoms with Crippen molar-refractivity contribution in [3.8, 4) is 0 Å². The molecule has 4 nitrogen and oxygen atoms in total. The third-order valence-electron chi connectivity index (χ3n) is 3.85. The van der Waals surface area contributed by atoms with E-state index >= 15 is 0 Å². The first-order valence-corrected chi connectivity index (χ1v) is 5.98. The number of hydrogen-bond acceptors (Lipinski definition) is 3. The molecule has 1 saturated carbocycles. The summed E-state index contributed by atoms with van der Waals surface area (Å²) in [5.41, 5.74) is 8.23. The van der Waals surface area contributed by atoms with Gasteiger partial charge < -0.3 is 15.5 Å². The maximum absolute atomic E-state index is 12.0. The number of amides is 1. The fraction of sp³-hybridized carbons (Fsp3) is 0.462. The quantitative estimate of drug-likeness (QED) is 0.798. The number of anilines is 1. The van der Waals surface area contributed by atoms with Crippen molar-refractivity contribution >= 4 is 22.8 Å². The first kappa shape index (κ1) is 10.4. The van der Waals surface area contributed by atoms with Crippen LogP contribution in [0, 0.1) is 5.41 Å². The highest BCUT2D eigenvalue weighted by molar-refractivity contribution is 6.09. The number of furan rings is 2. The van der Waals surface area contributed by atoms with Crippen molar-refractivity contribution in [1.29, 1.82) is 0 Å². The summed E-state index contributed by atoms with van der Waals surface area (Å²) >= 11 is 0. The number of hydrogen-bond donors (Lipinski definition) is 2. The van der Waals surface area contributed by atoms with E-state index in [1.165, 1.54) is 19.3 Å². The van der Waals surface area contributed by atoms with Crippen molar-refractivity contribution < 1.29 is 9.21 Å². The Hall–Kier alpha value is -1.71. The second kappa shape index (κ2) is 3.39. The van der Waals surface area contributed by atoms with Gasteiger partial charge in [-0.15, -0.1) is 0 Å². The van der Waals surface area contributed by atoms with Crippen LogP contribution in [0.1, 0.15) is 36.5 Å². The van der Waals surface area contributed by atoms with Crippen molar-refractivity contribution in [2.75, 3.05) is 12.3 Å². The summed E-state index contributed by atoms with van der Waals surface area (Å²) in [6.07, 6.45) is 3.64. The van der Waals surface area contributed by atoms with E-state index in [0.29, 0.717) is 22.4 Å². The molecule has 4 heteroatoms. The number of rotatable bonds is 3. The van der Waals surface area contributed by atoms with Crippen LogP contribution in [0.15, 0.2) is 16.5 Å². The Balaban J connectivity index is 1.73. The number of nitrogens with one attached hydrogen (secondary N) is 1. The molecule has 1 aliphatic rings. The Morgan fingerprint density at radius 2 is 2.18 bits per heavy atom. The SMILES string of the molecule is CC1(CNC(=O)c2c(N)c3ccc2o3)CCC1. The molecule has 1 amide bonds. The summed E-state index contributed by atoms with van der Waals surface area (Å²) in [4.78, 5) is 12.0. The van der Waals surface area contributed by atoms with Gasteiger partial charge in [0.2, 0.25) is 0 Å². The first-order valence-electron chi connectivity index (χ1n) is 5.98. The molecule has 2 aromatic rings. The molecule has 3 N–H and O–H groups in total. The molecule has 0 spiro atoms. The van der Waals surface area contributed by atoms with Gasteiger partial charge in [0.25, 0.3) is 5.91 Å². The van der Waals surface area contributed by atoms with E-state index in [1.54, 1.807) is 12.1 Å². The number of nitrogen functional groups attached to an aromatic ring is 1. The van der Waals surface area contributed by atoms with Crippen LogP contribution >= 0.6 is 0 Å². The fourth-order valence-corrected chi connectivity index (χ4v) is 2.45. The van der Waals surface area contributed by atoms with Crippen molar-refractivity contribution in [2.45, 2.75) is 26.2 Å². The molecule has 0 unspecified atom stereocenters. The van der Waals surface area contributed by atoms with Crippen molar-refractivity contribution in [1.82, 2.24) is 5.32 Å². The molecule has 90 valence electrons. The van der Waals surface area contributed by atoms with Crippen LogP contribution in [0.2, 0.25) is 0 Å². The zero-order valence-electron chi connectivity index (χ0n) is 9.88. The summed E-state index contributed by atoms with van der Waals surface area (Å²) in [6, 6.07) is 3.57. The lowest BCUT2D eigenvalue weighted by atomic mass is 9.70. The van der Waals surface area contributed by atoms with Crippen LogP contribution in [0.3, 0.4) is 0 Å². The molecule has 0 saturated heterocycles. The molecule has 1 fully saturated rings. The average Bonchev–Trinajstić information content (AvgIpc) is 2.83. The van der Waals surface area contributed by atoms with E-state index in [0.717, 1.165) is 6.54 Å². The summed E-state index contributed by atoms with van der Waals surface area (Å²) in [5.74, 6) is -0.120. The second-order valence-corrected chi connectivity index (χ2v) is 5.30. The van der Waals surface area contributed by atoms with E-state index in [1.807, 2.05) is 0 Å². The van der Waals surface area contributed by atoms with Crippen LogP contribution in [0.5, 0.6) is 0 Å². The molecular weight excluding hydrogens is 216 g/mol. The van der Waals surface area contributed by atoms with Crippen molar-refractivity contribution in [2.24, 2.45) is 5.41 Å². The van der Waals surface area contributed by atoms with Gasteiger partial charge in [0.05, 0.1) is 5.69 Å². The summed E-state index contributed by atoms with van der Waals surface area (Å²) in [6.45, 7) is 2.92. The molecule has 1 aliphatic carbocycles. The Kier molecular flexibility index (Phi) is 2.08.